The summed E-state index contributed by atoms with van der Waals surface area (Å²) in [5.41, 5.74) is 1.57. The van der Waals surface area contributed by atoms with E-state index in [9.17, 15) is 15.3 Å². The molecule has 50 heavy (non-hydrogen) atoms. The first-order chi connectivity index (χ1) is 24.2. The van der Waals surface area contributed by atoms with Crippen molar-refractivity contribution < 1.29 is 15.3 Å². The molecule has 7 aliphatic carbocycles. The Hall–Kier alpha value is -0.940. The van der Waals surface area contributed by atoms with Gasteiger partial charge in [0, 0.05) is 19.1 Å². The van der Waals surface area contributed by atoms with Crippen molar-refractivity contribution in [2.45, 2.75) is 153 Å². The zero-order valence-electron chi connectivity index (χ0n) is 31.5. The zero-order chi connectivity index (χ0) is 34.0. The fourth-order valence-corrected chi connectivity index (χ4v) is 17.6. The van der Waals surface area contributed by atoms with Crippen LogP contribution in [0.3, 0.4) is 0 Å². The van der Waals surface area contributed by atoms with E-state index in [0.717, 1.165) is 42.9 Å². The largest absolute Gasteiger partial charge is 0.393 e. The van der Waals surface area contributed by atoms with Crippen LogP contribution in [0.15, 0.2) is 30.3 Å². The maximum atomic E-state index is 13.9. The highest BCUT2D eigenvalue weighted by molar-refractivity contribution is 5.21. The molecule has 18 atom stereocenters. The van der Waals surface area contributed by atoms with Gasteiger partial charge in [0.15, 0.2) is 0 Å². The number of rotatable bonds is 3. The molecular weight excluding hydrogens is 615 g/mol. The molecule has 7 saturated carbocycles. The second-order valence-corrected chi connectivity index (χ2v) is 21.1. The summed E-state index contributed by atoms with van der Waals surface area (Å²) in [4.78, 5) is 2.89. The molecule has 2 aliphatic heterocycles. The number of nitrogens with zero attached hydrogens (tertiary/aromatic N) is 1. The summed E-state index contributed by atoms with van der Waals surface area (Å²) in [6, 6.07) is 11.6. The molecular formula is C46H69NO3. The Bertz CT molecular complexity index is 1400. The van der Waals surface area contributed by atoms with E-state index < -0.39 is 5.60 Å². The molecule has 2 heterocycles. The zero-order valence-corrected chi connectivity index (χ0v) is 31.5. The molecule has 0 radical (unpaired) electrons. The van der Waals surface area contributed by atoms with Crippen LogP contribution in [0.2, 0.25) is 0 Å². The molecule has 1 aromatic rings. The average molecular weight is 684 g/mol. The Morgan fingerprint density at radius 3 is 2.44 bits per heavy atom. The molecule has 1 spiro atoms. The molecule has 276 valence electrons. The first kappa shape index (κ1) is 33.6. The van der Waals surface area contributed by atoms with Crippen molar-refractivity contribution in [3.05, 3.63) is 35.9 Å². The van der Waals surface area contributed by atoms with Crippen LogP contribution in [0.1, 0.15) is 129 Å². The van der Waals surface area contributed by atoms with E-state index in [1.807, 2.05) is 0 Å². The number of benzene rings is 1. The van der Waals surface area contributed by atoms with Gasteiger partial charge in [-0.25, -0.2) is 0 Å². The lowest BCUT2D eigenvalue weighted by Crippen LogP contribution is -2.71. The third kappa shape index (κ3) is 4.95. The highest BCUT2D eigenvalue weighted by Crippen LogP contribution is 2.73. The van der Waals surface area contributed by atoms with Crippen molar-refractivity contribution in [3.63, 3.8) is 0 Å². The molecule has 9 fully saturated rings. The van der Waals surface area contributed by atoms with Crippen LogP contribution in [-0.4, -0.2) is 57.2 Å². The van der Waals surface area contributed by atoms with E-state index in [1.54, 1.807) is 0 Å². The molecule has 10 rings (SSSR count). The maximum absolute atomic E-state index is 13.9. The average Bonchev–Trinajstić information content (AvgIpc) is 3.59. The fraction of sp³-hybridized carbons (Fsp3) is 0.870. The molecule has 9 aliphatic rings. The third-order valence-electron chi connectivity index (χ3n) is 19.1. The summed E-state index contributed by atoms with van der Waals surface area (Å²) in [7, 11) is 0. The molecule has 4 heteroatoms. The van der Waals surface area contributed by atoms with Crippen molar-refractivity contribution in [1.29, 1.82) is 0 Å². The lowest BCUT2D eigenvalue weighted by Gasteiger charge is -2.64. The topological polar surface area (TPSA) is 63.9 Å². The van der Waals surface area contributed by atoms with Crippen LogP contribution in [-0.2, 0) is 6.42 Å². The van der Waals surface area contributed by atoms with Gasteiger partial charge in [0.2, 0.25) is 0 Å². The predicted octanol–water partition coefficient (Wildman–Crippen LogP) is 8.51. The predicted molar refractivity (Wildman–Crippen MR) is 199 cm³/mol. The number of piperidine rings is 2. The fourth-order valence-electron chi connectivity index (χ4n) is 17.6. The Kier molecular flexibility index (Phi) is 8.26. The lowest BCUT2D eigenvalue weighted by molar-refractivity contribution is -0.223. The van der Waals surface area contributed by atoms with Gasteiger partial charge in [-0.1, -0.05) is 57.0 Å². The van der Waals surface area contributed by atoms with Crippen molar-refractivity contribution in [3.8, 4) is 0 Å². The second-order valence-electron chi connectivity index (χ2n) is 21.1. The number of hydrogen-bond donors (Lipinski definition) is 3. The van der Waals surface area contributed by atoms with Gasteiger partial charge in [0.05, 0.1) is 17.8 Å². The van der Waals surface area contributed by atoms with Crippen LogP contribution < -0.4 is 0 Å². The molecule has 3 N–H and O–H groups in total. The van der Waals surface area contributed by atoms with Gasteiger partial charge < -0.3 is 15.3 Å². The Morgan fingerprint density at radius 2 is 1.58 bits per heavy atom. The maximum Gasteiger partial charge on any atom is 0.0861 e. The second kappa shape index (κ2) is 12.3. The summed E-state index contributed by atoms with van der Waals surface area (Å²) in [5.74, 6) is 7.37. The number of aliphatic hydroxyl groups is 3. The van der Waals surface area contributed by atoms with Crippen molar-refractivity contribution in [2.75, 3.05) is 13.1 Å². The SMILES string of the molecule is CC1CCC2N(C1)CC1C3C(CCC1C2(O)C1CCCC2(CCC(Cc4ccccc4)C2)C1)C1CC(O)C2CC(O)CC4CCCC3C1C42C. The molecule has 2 saturated heterocycles. The Labute approximate surface area is 303 Å². The van der Waals surface area contributed by atoms with E-state index in [4.69, 9.17) is 0 Å². The molecule has 4 nitrogen and oxygen atoms in total. The Morgan fingerprint density at radius 1 is 0.740 bits per heavy atom. The smallest absolute Gasteiger partial charge is 0.0861 e. The minimum atomic E-state index is -0.555. The van der Waals surface area contributed by atoms with E-state index in [1.165, 1.54) is 115 Å². The number of hydrogen-bond acceptors (Lipinski definition) is 4. The van der Waals surface area contributed by atoms with Gasteiger partial charge in [0.25, 0.3) is 0 Å². The summed E-state index contributed by atoms with van der Waals surface area (Å²) in [5, 5.41) is 36.8. The highest BCUT2D eigenvalue weighted by Gasteiger charge is 2.71. The van der Waals surface area contributed by atoms with Crippen LogP contribution in [0.25, 0.3) is 0 Å². The summed E-state index contributed by atoms with van der Waals surface area (Å²) in [6.45, 7) is 7.48. The van der Waals surface area contributed by atoms with Crippen LogP contribution in [0, 0.1) is 81.8 Å². The number of fused-ring (bicyclic) bond motifs is 6. The van der Waals surface area contributed by atoms with Gasteiger partial charge in [-0.3, -0.25) is 4.90 Å². The summed E-state index contributed by atoms with van der Waals surface area (Å²) < 4.78 is 0. The van der Waals surface area contributed by atoms with E-state index in [0.29, 0.717) is 52.9 Å². The van der Waals surface area contributed by atoms with Crippen LogP contribution >= 0.6 is 0 Å². The van der Waals surface area contributed by atoms with Gasteiger partial charge in [-0.2, -0.15) is 0 Å². The first-order valence-corrected chi connectivity index (χ1v) is 22.0. The highest BCUT2D eigenvalue weighted by atomic mass is 16.3. The third-order valence-corrected chi connectivity index (χ3v) is 19.1. The lowest BCUT2D eigenvalue weighted by atomic mass is 9.46. The molecule has 0 aromatic heterocycles. The quantitative estimate of drug-likeness (QED) is 0.299. The normalized spacial score (nSPS) is 55.8. The van der Waals surface area contributed by atoms with Gasteiger partial charge in [-0.05, 0) is 190 Å². The van der Waals surface area contributed by atoms with Crippen molar-refractivity contribution in [1.82, 2.24) is 4.90 Å². The van der Waals surface area contributed by atoms with Gasteiger partial charge in [-0.15, -0.1) is 0 Å². The first-order valence-electron chi connectivity index (χ1n) is 22.0. The van der Waals surface area contributed by atoms with Crippen LogP contribution in [0.5, 0.6) is 0 Å². The minimum absolute atomic E-state index is 0.164. The monoisotopic (exact) mass is 684 g/mol. The molecule has 1 aromatic carbocycles. The van der Waals surface area contributed by atoms with E-state index in [2.05, 4.69) is 49.1 Å². The molecule has 18 unspecified atom stereocenters. The Balaban J connectivity index is 0.978. The summed E-state index contributed by atoms with van der Waals surface area (Å²) >= 11 is 0. The van der Waals surface area contributed by atoms with E-state index >= 15 is 0 Å². The summed E-state index contributed by atoms with van der Waals surface area (Å²) in [6.07, 6.45) is 21.7. The standard InChI is InChI=1S/C46H69NO3/c1-28-13-16-41-46(50,32-11-7-18-45(25-32)19-17-30(24-45)20-29-8-4-3-5-9-29)38-15-14-34-36-23-40(49)39-22-33(48)21-31-10-6-12-35(43(36)44(31,39)2)42(34)37(38)27-47(41)26-28/h3-5,8-9,28,30-43,48-50H,6-7,10-27H2,1-2H3. The minimum Gasteiger partial charge on any atom is -0.393 e. The van der Waals surface area contributed by atoms with Crippen molar-refractivity contribution >= 4 is 0 Å². The molecule has 0 bridgehead atoms. The van der Waals surface area contributed by atoms with Gasteiger partial charge >= 0.3 is 0 Å². The van der Waals surface area contributed by atoms with Crippen molar-refractivity contribution in [2.24, 2.45) is 81.8 Å². The molecule has 0 amide bonds. The van der Waals surface area contributed by atoms with Gasteiger partial charge in [0.1, 0.15) is 0 Å². The number of aliphatic hydroxyl groups excluding tert-OH is 2. The van der Waals surface area contributed by atoms with E-state index in [-0.39, 0.29) is 23.5 Å². The van der Waals surface area contributed by atoms with Crippen LogP contribution in [0.4, 0.5) is 0 Å².